The quantitative estimate of drug-likeness (QED) is 0.612. The Balaban J connectivity index is 3.60. The molecule has 0 fully saturated rings. The van der Waals surface area contributed by atoms with Crippen LogP contribution in [0, 0.1) is 11.3 Å². The van der Waals surface area contributed by atoms with Crippen molar-refractivity contribution in [2.45, 2.75) is 41.0 Å². The first kappa shape index (κ1) is 11.5. The highest BCUT2D eigenvalue weighted by Crippen LogP contribution is 2.24. The molecule has 0 saturated heterocycles. The number of hydrogen-bond acceptors (Lipinski definition) is 2. The lowest BCUT2D eigenvalue weighted by Gasteiger charge is -2.22. The summed E-state index contributed by atoms with van der Waals surface area (Å²) in [7, 11) is 0. The van der Waals surface area contributed by atoms with Crippen molar-refractivity contribution in [2.24, 2.45) is 11.3 Å². The summed E-state index contributed by atoms with van der Waals surface area (Å²) in [6.45, 7) is 10.7. The molecule has 0 N–H and O–H groups in total. The Kier molecular flexibility index (Phi) is 4.29. The summed E-state index contributed by atoms with van der Waals surface area (Å²) in [5.41, 5.74) is 0.319. The number of ether oxygens (including phenoxy) is 1. The Morgan fingerprint density at radius 2 is 1.92 bits per heavy atom. The Morgan fingerprint density at radius 1 is 1.42 bits per heavy atom. The van der Waals surface area contributed by atoms with Crippen LogP contribution in [0.1, 0.15) is 41.0 Å². The summed E-state index contributed by atoms with van der Waals surface area (Å²) < 4.78 is 4.91. The van der Waals surface area contributed by atoms with Crippen LogP contribution in [0.15, 0.2) is 0 Å². The van der Waals surface area contributed by atoms with Crippen LogP contribution in [0.25, 0.3) is 0 Å². The molecule has 0 bridgehead atoms. The van der Waals surface area contributed by atoms with E-state index in [4.69, 9.17) is 4.74 Å². The summed E-state index contributed by atoms with van der Waals surface area (Å²) in [4.78, 5) is 10.5. The maximum Gasteiger partial charge on any atom is 0.302 e. The van der Waals surface area contributed by atoms with Gasteiger partial charge in [0.25, 0.3) is 0 Å². The predicted octanol–water partition coefficient (Wildman–Crippen LogP) is 2.62. The largest absolute Gasteiger partial charge is 0.466 e. The van der Waals surface area contributed by atoms with Crippen LogP contribution in [0.3, 0.4) is 0 Å². The molecule has 2 nitrogen and oxygen atoms in total. The number of esters is 1. The van der Waals surface area contributed by atoms with E-state index in [-0.39, 0.29) is 5.97 Å². The van der Waals surface area contributed by atoms with Crippen molar-refractivity contribution in [3.8, 4) is 0 Å². The minimum Gasteiger partial charge on any atom is -0.466 e. The first-order valence-electron chi connectivity index (χ1n) is 4.44. The smallest absolute Gasteiger partial charge is 0.302 e. The van der Waals surface area contributed by atoms with Crippen molar-refractivity contribution in [1.82, 2.24) is 0 Å². The van der Waals surface area contributed by atoms with Crippen molar-refractivity contribution >= 4 is 5.97 Å². The van der Waals surface area contributed by atoms with E-state index in [1.165, 1.54) is 6.92 Å². The number of hydrogen-bond donors (Lipinski definition) is 0. The van der Waals surface area contributed by atoms with E-state index in [1.807, 2.05) is 0 Å². The van der Waals surface area contributed by atoms with Crippen LogP contribution >= 0.6 is 0 Å². The third-order valence-electron chi connectivity index (χ3n) is 1.53. The van der Waals surface area contributed by atoms with Gasteiger partial charge in [-0.1, -0.05) is 27.7 Å². The lowest BCUT2D eigenvalue weighted by atomic mass is 9.86. The average Bonchev–Trinajstić information content (AvgIpc) is 1.79. The summed E-state index contributed by atoms with van der Waals surface area (Å²) in [6, 6.07) is 0. The molecule has 1 atom stereocenters. The van der Waals surface area contributed by atoms with Gasteiger partial charge in [0.05, 0.1) is 6.61 Å². The predicted molar refractivity (Wildman–Crippen MR) is 49.9 cm³/mol. The third kappa shape index (κ3) is 7.58. The molecule has 0 radical (unpaired) electrons. The van der Waals surface area contributed by atoms with Gasteiger partial charge in [-0.25, -0.2) is 0 Å². The molecule has 0 aromatic heterocycles. The summed E-state index contributed by atoms with van der Waals surface area (Å²) in [5, 5.41) is 0. The molecule has 12 heavy (non-hydrogen) atoms. The summed E-state index contributed by atoms with van der Waals surface area (Å²) in [5.74, 6) is 0.268. The van der Waals surface area contributed by atoms with Crippen LogP contribution in [-0.2, 0) is 9.53 Å². The van der Waals surface area contributed by atoms with Gasteiger partial charge in [-0.15, -0.1) is 0 Å². The molecular formula is C10H20O2. The molecule has 0 unspecified atom stereocenters. The summed E-state index contributed by atoms with van der Waals surface area (Å²) in [6.07, 6.45) is 1.08. The summed E-state index contributed by atoms with van der Waals surface area (Å²) >= 11 is 0. The average molecular weight is 172 g/mol. The first-order chi connectivity index (χ1) is 5.31. The first-order valence-corrected chi connectivity index (χ1v) is 4.44. The van der Waals surface area contributed by atoms with Crippen LogP contribution in [0.2, 0.25) is 0 Å². The molecule has 0 aliphatic heterocycles. The van der Waals surface area contributed by atoms with Gasteiger partial charge >= 0.3 is 5.97 Å². The zero-order valence-corrected chi connectivity index (χ0v) is 8.81. The number of carbonyl (C=O) groups excluding carboxylic acids is 1. The van der Waals surface area contributed by atoms with E-state index in [1.54, 1.807) is 0 Å². The molecule has 0 aromatic rings. The van der Waals surface area contributed by atoms with Crippen molar-refractivity contribution in [3.05, 3.63) is 0 Å². The van der Waals surface area contributed by atoms with Crippen LogP contribution in [0.4, 0.5) is 0 Å². The maximum absolute atomic E-state index is 10.5. The fourth-order valence-corrected chi connectivity index (χ4v) is 1.36. The monoisotopic (exact) mass is 172 g/mol. The molecule has 0 aromatic carbocycles. The fraction of sp³-hybridized carbons (Fsp3) is 0.900. The minimum absolute atomic E-state index is 0.184. The third-order valence-corrected chi connectivity index (χ3v) is 1.53. The molecule has 0 heterocycles. The van der Waals surface area contributed by atoms with Gasteiger partial charge in [0.2, 0.25) is 0 Å². The Bertz CT molecular complexity index is 144. The Labute approximate surface area is 75.3 Å². The van der Waals surface area contributed by atoms with Gasteiger partial charge in [0.15, 0.2) is 0 Å². The molecule has 0 rings (SSSR count). The van der Waals surface area contributed by atoms with E-state index in [2.05, 4.69) is 27.7 Å². The van der Waals surface area contributed by atoms with Gasteiger partial charge in [-0.05, 0) is 17.8 Å². The van der Waals surface area contributed by atoms with Crippen molar-refractivity contribution < 1.29 is 9.53 Å². The lowest BCUT2D eigenvalue weighted by Crippen LogP contribution is -2.16. The van der Waals surface area contributed by atoms with Gasteiger partial charge < -0.3 is 4.74 Å². The van der Waals surface area contributed by atoms with Crippen LogP contribution in [-0.4, -0.2) is 12.6 Å². The molecule has 2 heteroatoms. The van der Waals surface area contributed by atoms with E-state index in [0.717, 1.165) is 6.42 Å². The van der Waals surface area contributed by atoms with Crippen LogP contribution < -0.4 is 0 Å². The Hall–Kier alpha value is -0.530. The normalized spacial score (nSPS) is 14.1. The van der Waals surface area contributed by atoms with Gasteiger partial charge in [0.1, 0.15) is 0 Å². The van der Waals surface area contributed by atoms with Gasteiger partial charge in [-0.2, -0.15) is 0 Å². The molecule has 0 aliphatic carbocycles. The highest BCUT2D eigenvalue weighted by Gasteiger charge is 2.15. The molecule has 72 valence electrons. The maximum atomic E-state index is 10.5. The molecule has 0 saturated carbocycles. The standard InChI is InChI=1S/C10H20O2/c1-8(6-10(3,4)5)7-12-9(2)11/h8H,6-7H2,1-5H3/t8-/m0/s1. The fourth-order valence-electron chi connectivity index (χ4n) is 1.36. The Morgan fingerprint density at radius 3 is 2.25 bits per heavy atom. The minimum atomic E-state index is -0.184. The SMILES string of the molecule is CC(=O)OC[C@@H](C)CC(C)(C)C. The van der Waals surface area contributed by atoms with Crippen molar-refractivity contribution in [2.75, 3.05) is 6.61 Å². The zero-order chi connectivity index (χ0) is 9.78. The number of rotatable bonds is 3. The lowest BCUT2D eigenvalue weighted by molar-refractivity contribution is -0.142. The zero-order valence-electron chi connectivity index (χ0n) is 8.81. The van der Waals surface area contributed by atoms with E-state index in [9.17, 15) is 4.79 Å². The second-order valence-electron chi connectivity index (χ2n) is 4.67. The van der Waals surface area contributed by atoms with E-state index >= 15 is 0 Å². The highest BCUT2D eigenvalue weighted by molar-refractivity contribution is 5.65. The number of carbonyl (C=O) groups is 1. The van der Waals surface area contributed by atoms with Crippen molar-refractivity contribution in [1.29, 1.82) is 0 Å². The second-order valence-corrected chi connectivity index (χ2v) is 4.67. The van der Waals surface area contributed by atoms with E-state index < -0.39 is 0 Å². The van der Waals surface area contributed by atoms with Crippen LogP contribution in [0.5, 0.6) is 0 Å². The van der Waals surface area contributed by atoms with E-state index in [0.29, 0.717) is 17.9 Å². The second kappa shape index (κ2) is 4.48. The van der Waals surface area contributed by atoms with Gasteiger partial charge in [-0.3, -0.25) is 4.79 Å². The molecular weight excluding hydrogens is 152 g/mol. The topological polar surface area (TPSA) is 26.3 Å². The molecule has 0 amide bonds. The molecule has 0 spiro atoms. The molecule has 0 aliphatic rings. The highest BCUT2D eigenvalue weighted by atomic mass is 16.5. The van der Waals surface area contributed by atoms with Crippen molar-refractivity contribution in [3.63, 3.8) is 0 Å². The van der Waals surface area contributed by atoms with Gasteiger partial charge in [0, 0.05) is 6.92 Å².